The van der Waals surface area contributed by atoms with Gasteiger partial charge in [-0.05, 0) is 50.0 Å². The molecule has 0 spiro atoms. The average molecular weight is 346 g/mol. The standard InChI is InChI=1S/C19H23FN2O3/c1-22(2)12-14-9-13(5-7-17(14)20)11-21-19(23)16-10-15(24-3)6-8-18(16)25-4/h5-10H,11-12H2,1-4H3,(H,21,23). The maximum Gasteiger partial charge on any atom is 0.255 e. The molecule has 0 heterocycles. The second-order valence-electron chi connectivity index (χ2n) is 5.91. The molecule has 5 nitrogen and oxygen atoms in total. The molecule has 0 fully saturated rings. The highest BCUT2D eigenvalue weighted by Gasteiger charge is 2.14. The number of nitrogens with one attached hydrogen (secondary N) is 1. The molecule has 2 aromatic carbocycles. The maximum absolute atomic E-state index is 13.8. The van der Waals surface area contributed by atoms with Gasteiger partial charge in [-0.25, -0.2) is 4.39 Å². The molecule has 1 amide bonds. The van der Waals surface area contributed by atoms with Gasteiger partial charge in [0.05, 0.1) is 19.8 Å². The predicted molar refractivity (Wildman–Crippen MR) is 94.5 cm³/mol. The molecule has 1 N–H and O–H groups in total. The number of benzene rings is 2. The molecule has 0 aromatic heterocycles. The van der Waals surface area contributed by atoms with E-state index in [4.69, 9.17) is 9.47 Å². The highest BCUT2D eigenvalue weighted by Crippen LogP contribution is 2.24. The number of ether oxygens (including phenoxy) is 2. The summed E-state index contributed by atoms with van der Waals surface area (Å²) in [5.41, 5.74) is 1.81. The van der Waals surface area contributed by atoms with Gasteiger partial charge in [-0.3, -0.25) is 4.79 Å². The van der Waals surface area contributed by atoms with Crippen LogP contribution in [0.25, 0.3) is 0 Å². The van der Waals surface area contributed by atoms with E-state index in [0.717, 1.165) is 5.56 Å². The van der Waals surface area contributed by atoms with Gasteiger partial charge in [-0.15, -0.1) is 0 Å². The molecule has 134 valence electrons. The fraction of sp³-hybridized carbons (Fsp3) is 0.316. The van der Waals surface area contributed by atoms with E-state index in [0.29, 0.717) is 35.7 Å². The van der Waals surface area contributed by atoms with Crippen LogP contribution in [0, 0.1) is 5.82 Å². The van der Waals surface area contributed by atoms with Crippen LogP contribution in [0.3, 0.4) is 0 Å². The minimum atomic E-state index is -0.283. The summed E-state index contributed by atoms with van der Waals surface area (Å²) in [5, 5.41) is 2.83. The summed E-state index contributed by atoms with van der Waals surface area (Å²) in [7, 11) is 6.80. The molecule has 2 rings (SSSR count). The zero-order chi connectivity index (χ0) is 18.4. The lowest BCUT2D eigenvalue weighted by Crippen LogP contribution is -2.23. The number of nitrogens with zero attached hydrogens (tertiary/aromatic N) is 1. The molecule has 0 radical (unpaired) electrons. The Balaban J connectivity index is 2.12. The van der Waals surface area contributed by atoms with Crippen LogP contribution < -0.4 is 14.8 Å². The lowest BCUT2D eigenvalue weighted by Gasteiger charge is -2.13. The average Bonchev–Trinajstić information content (AvgIpc) is 2.61. The molecule has 0 aliphatic heterocycles. The SMILES string of the molecule is COc1ccc(OC)c(C(=O)NCc2ccc(F)c(CN(C)C)c2)c1. The zero-order valence-electron chi connectivity index (χ0n) is 14.9. The van der Waals surface area contributed by atoms with Gasteiger partial charge in [0, 0.05) is 18.7 Å². The van der Waals surface area contributed by atoms with Gasteiger partial charge in [0.1, 0.15) is 17.3 Å². The van der Waals surface area contributed by atoms with E-state index >= 15 is 0 Å². The summed E-state index contributed by atoms with van der Waals surface area (Å²) in [6.07, 6.45) is 0. The molecule has 0 saturated carbocycles. The fourth-order valence-electron chi connectivity index (χ4n) is 2.47. The first-order valence-electron chi connectivity index (χ1n) is 7.87. The molecule has 6 heteroatoms. The van der Waals surface area contributed by atoms with E-state index in [1.54, 1.807) is 30.3 Å². The van der Waals surface area contributed by atoms with E-state index in [1.165, 1.54) is 20.3 Å². The van der Waals surface area contributed by atoms with Crippen LogP contribution in [-0.4, -0.2) is 39.1 Å². The monoisotopic (exact) mass is 346 g/mol. The number of hydrogen-bond donors (Lipinski definition) is 1. The van der Waals surface area contributed by atoms with Crippen molar-refractivity contribution >= 4 is 5.91 Å². The molecule has 2 aromatic rings. The number of methoxy groups -OCH3 is 2. The fourth-order valence-corrected chi connectivity index (χ4v) is 2.47. The summed E-state index contributed by atoms with van der Waals surface area (Å²) in [5.74, 6) is 0.499. The van der Waals surface area contributed by atoms with Crippen molar-refractivity contribution in [2.75, 3.05) is 28.3 Å². The Morgan fingerprint density at radius 3 is 2.52 bits per heavy atom. The molecular formula is C19H23FN2O3. The van der Waals surface area contributed by atoms with Crippen molar-refractivity contribution in [3.8, 4) is 11.5 Å². The first-order chi connectivity index (χ1) is 11.9. The Bertz CT molecular complexity index is 747. The highest BCUT2D eigenvalue weighted by molar-refractivity contribution is 5.97. The van der Waals surface area contributed by atoms with Crippen molar-refractivity contribution < 1.29 is 18.7 Å². The van der Waals surface area contributed by atoms with E-state index in [2.05, 4.69) is 5.32 Å². The Hall–Kier alpha value is -2.60. The normalized spacial score (nSPS) is 10.6. The number of hydrogen-bond acceptors (Lipinski definition) is 4. The topological polar surface area (TPSA) is 50.8 Å². The molecule has 0 aliphatic carbocycles. The van der Waals surface area contributed by atoms with Crippen LogP contribution in [-0.2, 0) is 13.1 Å². The molecular weight excluding hydrogens is 323 g/mol. The Labute approximate surface area is 147 Å². The van der Waals surface area contributed by atoms with Gasteiger partial charge in [0.2, 0.25) is 0 Å². The van der Waals surface area contributed by atoms with Gasteiger partial charge in [-0.2, -0.15) is 0 Å². The van der Waals surface area contributed by atoms with Gasteiger partial charge < -0.3 is 19.7 Å². The summed E-state index contributed by atoms with van der Waals surface area (Å²) in [4.78, 5) is 14.4. The van der Waals surface area contributed by atoms with E-state index < -0.39 is 0 Å². The minimum Gasteiger partial charge on any atom is -0.497 e. The second kappa shape index (κ2) is 8.48. The van der Waals surface area contributed by atoms with E-state index in [9.17, 15) is 9.18 Å². The molecule has 25 heavy (non-hydrogen) atoms. The summed E-state index contributed by atoms with van der Waals surface area (Å²) in [6.45, 7) is 0.789. The summed E-state index contributed by atoms with van der Waals surface area (Å²) < 4.78 is 24.2. The molecule has 0 atom stereocenters. The number of carbonyl (C=O) groups excluding carboxylic acids is 1. The lowest BCUT2D eigenvalue weighted by molar-refractivity contribution is 0.0947. The first-order valence-corrected chi connectivity index (χ1v) is 7.87. The van der Waals surface area contributed by atoms with Gasteiger partial charge >= 0.3 is 0 Å². The third-order valence-electron chi connectivity index (χ3n) is 3.70. The largest absolute Gasteiger partial charge is 0.497 e. The first kappa shape index (κ1) is 18.7. The predicted octanol–water partition coefficient (Wildman–Crippen LogP) is 2.83. The van der Waals surface area contributed by atoms with Crippen LogP contribution in [0.4, 0.5) is 4.39 Å². The van der Waals surface area contributed by atoms with Gasteiger partial charge in [0.25, 0.3) is 5.91 Å². The second-order valence-corrected chi connectivity index (χ2v) is 5.91. The zero-order valence-corrected chi connectivity index (χ0v) is 14.9. The maximum atomic E-state index is 13.8. The number of amides is 1. The quantitative estimate of drug-likeness (QED) is 0.838. The van der Waals surface area contributed by atoms with Crippen molar-refractivity contribution in [2.24, 2.45) is 0 Å². The van der Waals surface area contributed by atoms with Crippen LogP contribution in [0.15, 0.2) is 36.4 Å². The minimum absolute atomic E-state index is 0.252. The number of halogens is 1. The van der Waals surface area contributed by atoms with Crippen molar-refractivity contribution in [1.82, 2.24) is 10.2 Å². The molecule has 0 saturated heterocycles. The van der Waals surface area contributed by atoms with Crippen LogP contribution in [0.1, 0.15) is 21.5 Å². The summed E-state index contributed by atoms with van der Waals surface area (Å²) in [6, 6.07) is 9.88. The summed E-state index contributed by atoms with van der Waals surface area (Å²) >= 11 is 0. The molecule has 0 aliphatic rings. The van der Waals surface area contributed by atoms with E-state index in [1.807, 2.05) is 19.0 Å². The van der Waals surface area contributed by atoms with Crippen molar-refractivity contribution in [3.05, 3.63) is 58.9 Å². The van der Waals surface area contributed by atoms with Crippen LogP contribution >= 0.6 is 0 Å². The van der Waals surface area contributed by atoms with Crippen molar-refractivity contribution in [3.63, 3.8) is 0 Å². The lowest BCUT2D eigenvalue weighted by atomic mass is 10.1. The molecule has 0 bridgehead atoms. The number of rotatable bonds is 7. The van der Waals surface area contributed by atoms with Gasteiger partial charge in [0.15, 0.2) is 0 Å². The third kappa shape index (κ3) is 4.93. The highest BCUT2D eigenvalue weighted by atomic mass is 19.1. The van der Waals surface area contributed by atoms with E-state index in [-0.39, 0.29) is 11.7 Å². The van der Waals surface area contributed by atoms with Crippen LogP contribution in [0.5, 0.6) is 11.5 Å². The third-order valence-corrected chi connectivity index (χ3v) is 3.70. The van der Waals surface area contributed by atoms with Gasteiger partial charge in [-0.1, -0.05) is 6.07 Å². The number of carbonyl (C=O) groups is 1. The van der Waals surface area contributed by atoms with Crippen LogP contribution in [0.2, 0.25) is 0 Å². The molecule has 0 unspecified atom stereocenters. The van der Waals surface area contributed by atoms with Crippen molar-refractivity contribution in [2.45, 2.75) is 13.1 Å². The Kier molecular flexibility index (Phi) is 6.36. The Morgan fingerprint density at radius 2 is 1.88 bits per heavy atom. The van der Waals surface area contributed by atoms with Crippen molar-refractivity contribution in [1.29, 1.82) is 0 Å². The smallest absolute Gasteiger partial charge is 0.255 e. The Morgan fingerprint density at radius 1 is 1.12 bits per heavy atom.